The monoisotopic (exact) mass is 249 g/mol. The highest BCUT2D eigenvalue weighted by atomic mass is 35.5. The van der Waals surface area contributed by atoms with Gasteiger partial charge in [-0.1, -0.05) is 23.7 Å². The van der Waals surface area contributed by atoms with Crippen molar-refractivity contribution in [2.45, 2.75) is 19.4 Å². The van der Waals surface area contributed by atoms with Gasteiger partial charge in [-0.3, -0.25) is 4.68 Å². The van der Waals surface area contributed by atoms with Crippen LogP contribution >= 0.6 is 11.6 Å². The summed E-state index contributed by atoms with van der Waals surface area (Å²) in [5.41, 5.74) is 9.25. The Labute approximate surface area is 106 Å². The van der Waals surface area contributed by atoms with E-state index >= 15 is 0 Å². The number of hydrogen-bond acceptors (Lipinski definition) is 2. The lowest BCUT2D eigenvalue weighted by Crippen LogP contribution is -2.14. The molecule has 0 bridgehead atoms. The van der Waals surface area contributed by atoms with Gasteiger partial charge in [0.25, 0.3) is 0 Å². The molecule has 1 unspecified atom stereocenters. The highest BCUT2D eigenvalue weighted by Crippen LogP contribution is 2.24. The molecule has 0 amide bonds. The molecule has 2 N–H and O–H groups in total. The molecule has 2 aromatic rings. The summed E-state index contributed by atoms with van der Waals surface area (Å²) in [5.74, 6) is 0. The van der Waals surface area contributed by atoms with Gasteiger partial charge in [-0.2, -0.15) is 5.10 Å². The number of nitrogens with two attached hydrogens (primary N) is 1. The van der Waals surface area contributed by atoms with Crippen LogP contribution in [0.4, 0.5) is 0 Å². The minimum atomic E-state index is -0.113. The van der Waals surface area contributed by atoms with Gasteiger partial charge in [-0.05, 0) is 30.2 Å². The Morgan fingerprint density at radius 1 is 1.41 bits per heavy atom. The first-order chi connectivity index (χ1) is 8.06. The normalized spacial score (nSPS) is 12.7. The molecule has 1 aromatic carbocycles. The van der Waals surface area contributed by atoms with Gasteiger partial charge in [0.15, 0.2) is 0 Å². The number of halogens is 1. The second-order valence-electron chi connectivity index (χ2n) is 4.32. The van der Waals surface area contributed by atoms with Crippen LogP contribution in [0.1, 0.15) is 22.9 Å². The van der Waals surface area contributed by atoms with Crippen molar-refractivity contribution < 1.29 is 0 Å². The molecule has 0 aliphatic carbocycles. The number of benzene rings is 1. The minimum absolute atomic E-state index is 0.113. The average Bonchev–Trinajstić information content (AvgIpc) is 2.63. The average molecular weight is 250 g/mol. The zero-order valence-electron chi connectivity index (χ0n) is 10.0. The van der Waals surface area contributed by atoms with E-state index in [1.54, 1.807) is 4.68 Å². The smallest absolute Gasteiger partial charge is 0.0643 e. The van der Waals surface area contributed by atoms with Crippen LogP contribution in [0.15, 0.2) is 30.5 Å². The molecule has 1 aromatic heterocycles. The van der Waals surface area contributed by atoms with Crippen LogP contribution in [-0.2, 0) is 13.5 Å². The Hall–Kier alpha value is -1.32. The Morgan fingerprint density at radius 2 is 2.18 bits per heavy atom. The van der Waals surface area contributed by atoms with Crippen LogP contribution in [0.2, 0.25) is 5.02 Å². The van der Waals surface area contributed by atoms with Gasteiger partial charge in [0, 0.05) is 30.7 Å². The summed E-state index contributed by atoms with van der Waals surface area (Å²) in [6, 6.07) is 7.82. The molecule has 0 aliphatic heterocycles. The zero-order chi connectivity index (χ0) is 12.4. The van der Waals surface area contributed by atoms with E-state index in [4.69, 9.17) is 17.3 Å². The number of hydrogen-bond donors (Lipinski definition) is 1. The predicted molar refractivity (Wildman–Crippen MR) is 70.0 cm³/mol. The molecule has 1 heterocycles. The maximum Gasteiger partial charge on any atom is 0.0643 e. The summed E-state index contributed by atoms with van der Waals surface area (Å²) in [6.45, 7) is 2.01. The van der Waals surface area contributed by atoms with E-state index < -0.39 is 0 Å². The first kappa shape index (κ1) is 12.1. The predicted octanol–water partition coefficient (Wildman–Crippen LogP) is 2.62. The van der Waals surface area contributed by atoms with Gasteiger partial charge in [0.2, 0.25) is 0 Å². The van der Waals surface area contributed by atoms with Gasteiger partial charge in [-0.25, -0.2) is 0 Å². The number of aryl methyl sites for hydroxylation is 2. The molecule has 4 heteroatoms. The Morgan fingerprint density at radius 3 is 2.76 bits per heavy atom. The lowest BCUT2D eigenvalue weighted by molar-refractivity contribution is 0.675. The molecule has 1 atom stereocenters. The fourth-order valence-corrected chi connectivity index (χ4v) is 2.22. The molecule has 0 saturated heterocycles. The number of nitrogens with zero attached hydrogens (tertiary/aromatic N) is 2. The molecule has 0 saturated carbocycles. The summed E-state index contributed by atoms with van der Waals surface area (Å²) < 4.78 is 1.78. The topological polar surface area (TPSA) is 43.8 Å². The third-order valence-corrected chi connectivity index (χ3v) is 3.08. The van der Waals surface area contributed by atoms with Crippen LogP contribution in [0.3, 0.4) is 0 Å². The first-order valence-electron chi connectivity index (χ1n) is 5.56. The van der Waals surface area contributed by atoms with Crippen molar-refractivity contribution in [1.82, 2.24) is 9.78 Å². The number of aromatic nitrogens is 2. The van der Waals surface area contributed by atoms with Crippen molar-refractivity contribution in [3.8, 4) is 0 Å². The van der Waals surface area contributed by atoms with E-state index in [0.29, 0.717) is 6.42 Å². The van der Waals surface area contributed by atoms with Gasteiger partial charge in [0.1, 0.15) is 0 Å². The minimum Gasteiger partial charge on any atom is -0.324 e. The Balaban J connectivity index is 2.17. The van der Waals surface area contributed by atoms with Gasteiger partial charge in [0.05, 0.1) is 5.69 Å². The summed E-state index contributed by atoms with van der Waals surface area (Å²) in [5, 5.41) is 5.05. The summed E-state index contributed by atoms with van der Waals surface area (Å²) >= 11 is 6.19. The molecule has 0 aliphatic rings. The van der Waals surface area contributed by atoms with Crippen LogP contribution in [-0.4, -0.2) is 9.78 Å². The lowest BCUT2D eigenvalue weighted by Gasteiger charge is -2.12. The molecule has 0 radical (unpaired) electrons. The van der Waals surface area contributed by atoms with Crippen LogP contribution in [0.5, 0.6) is 0 Å². The summed E-state index contributed by atoms with van der Waals surface area (Å²) in [4.78, 5) is 0. The van der Waals surface area contributed by atoms with Crippen LogP contribution in [0.25, 0.3) is 0 Å². The van der Waals surface area contributed by atoms with Gasteiger partial charge in [-0.15, -0.1) is 0 Å². The molecule has 3 nitrogen and oxygen atoms in total. The van der Waals surface area contributed by atoms with E-state index in [-0.39, 0.29) is 6.04 Å². The molecule has 17 heavy (non-hydrogen) atoms. The molecule has 90 valence electrons. The third-order valence-electron chi connectivity index (χ3n) is 2.75. The fourth-order valence-electron chi connectivity index (χ4n) is 1.84. The van der Waals surface area contributed by atoms with E-state index in [1.165, 1.54) is 0 Å². The first-order valence-corrected chi connectivity index (χ1v) is 5.94. The summed E-state index contributed by atoms with van der Waals surface area (Å²) in [7, 11) is 1.90. The highest BCUT2D eigenvalue weighted by molar-refractivity contribution is 6.31. The molecular formula is C13H16ClN3. The van der Waals surface area contributed by atoms with Crippen molar-refractivity contribution in [3.63, 3.8) is 0 Å². The van der Waals surface area contributed by atoms with Crippen LogP contribution in [0, 0.1) is 6.92 Å². The van der Waals surface area contributed by atoms with Gasteiger partial charge >= 0.3 is 0 Å². The molecule has 2 rings (SSSR count). The quantitative estimate of drug-likeness (QED) is 0.909. The van der Waals surface area contributed by atoms with E-state index in [9.17, 15) is 0 Å². The standard InChI is InChI=1S/C13H16ClN3/c1-9-3-4-11(12(14)7-9)13(15)8-10-5-6-17(2)16-10/h3-7,13H,8,15H2,1-2H3. The van der Waals surface area contributed by atoms with Crippen molar-refractivity contribution in [2.24, 2.45) is 12.8 Å². The second kappa shape index (κ2) is 4.90. The highest BCUT2D eigenvalue weighted by Gasteiger charge is 2.12. The summed E-state index contributed by atoms with van der Waals surface area (Å²) in [6.07, 6.45) is 2.61. The lowest BCUT2D eigenvalue weighted by atomic mass is 10.0. The van der Waals surface area contributed by atoms with Crippen molar-refractivity contribution in [1.29, 1.82) is 0 Å². The number of rotatable bonds is 3. The molecule has 0 fully saturated rings. The molecular weight excluding hydrogens is 234 g/mol. The fraction of sp³-hybridized carbons (Fsp3) is 0.308. The molecule has 0 spiro atoms. The zero-order valence-corrected chi connectivity index (χ0v) is 10.8. The van der Waals surface area contributed by atoms with E-state index in [1.807, 2.05) is 44.4 Å². The largest absolute Gasteiger partial charge is 0.324 e. The van der Waals surface area contributed by atoms with E-state index in [0.717, 1.165) is 21.8 Å². The Bertz CT molecular complexity index is 519. The third kappa shape index (κ3) is 2.87. The second-order valence-corrected chi connectivity index (χ2v) is 4.72. The SMILES string of the molecule is Cc1ccc(C(N)Cc2ccn(C)n2)c(Cl)c1. The Kier molecular flexibility index (Phi) is 3.50. The van der Waals surface area contributed by atoms with Gasteiger partial charge < -0.3 is 5.73 Å². The maximum atomic E-state index is 6.19. The van der Waals surface area contributed by atoms with Crippen molar-refractivity contribution in [3.05, 3.63) is 52.3 Å². The van der Waals surface area contributed by atoms with Crippen molar-refractivity contribution in [2.75, 3.05) is 0 Å². The maximum absolute atomic E-state index is 6.19. The van der Waals surface area contributed by atoms with Crippen LogP contribution < -0.4 is 5.73 Å². The van der Waals surface area contributed by atoms with Crippen molar-refractivity contribution >= 4 is 11.6 Å². The van der Waals surface area contributed by atoms with E-state index in [2.05, 4.69) is 5.10 Å².